The fraction of sp³-hybridized carbons (Fsp3) is 0.538. The molecule has 0 saturated heterocycles. The first-order valence-electron chi connectivity index (χ1n) is 5.89. The van der Waals surface area contributed by atoms with Crippen LogP contribution in [0, 0.1) is 18.3 Å². The number of hydrogen-bond donors (Lipinski definition) is 1. The van der Waals surface area contributed by atoms with Crippen LogP contribution in [0.5, 0.6) is 5.75 Å². The number of hydrogen-bond acceptors (Lipinski definition) is 5. The van der Waals surface area contributed by atoms with Crippen molar-refractivity contribution in [1.82, 2.24) is 10.3 Å². The molecule has 0 fully saturated rings. The standard InChI is InChI=1S/C13H19N3O2/c1-10-4-5-13(18-11(2)8-14)12(16-10)9-15-6-7-17-3/h4-5,11,15H,6-7,9H2,1-3H3. The number of rotatable bonds is 7. The molecule has 18 heavy (non-hydrogen) atoms. The number of nitriles is 1. The van der Waals surface area contributed by atoms with E-state index in [1.807, 2.05) is 25.1 Å². The SMILES string of the molecule is COCCNCc1nc(C)ccc1OC(C)C#N. The van der Waals surface area contributed by atoms with Gasteiger partial charge in [-0.05, 0) is 26.0 Å². The number of aromatic nitrogens is 1. The van der Waals surface area contributed by atoms with Gasteiger partial charge in [0.25, 0.3) is 0 Å². The third-order valence-corrected chi connectivity index (χ3v) is 2.33. The second-order valence-electron chi connectivity index (χ2n) is 3.96. The zero-order valence-corrected chi connectivity index (χ0v) is 11.1. The molecule has 0 saturated carbocycles. The smallest absolute Gasteiger partial charge is 0.181 e. The van der Waals surface area contributed by atoms with Crippen molar-refractivity contribution in [1.29, 1.82) is 5.26 Å². The number of ether oxygens (including phenoxy) is 2. The number of nitrogens with zero attached hydrogens (tertiary/aromatic N) is 2. The van der Waals surface area contributed by atoms with Gasteiger partial charge in [-0.2, -0.15) is 5.26 Å². The first kappa shape index (κ1) is 14.4. The number of pyridine rings is 1. The Labute approximate surface area is 108 Å². The summed E-state index contributed by atoms with van der Waals surface area (Å²) in [5.74, 6) is 0.652. The van der Waals surface area contributed by atoms with Gasteiger partial charge in [0.05, 0.1) is 12.3 Å². The molecule has 0 spiro atoms. The quantitative estimate of drug-likeness (QED) is 0.740. The summed E-state index contributed by atoms with van der Waals surface area (Å²) in [6.07, 6.45) is -0.479. The minimum atomic E-state index is -0.479. The molecule has 0 amide bonds. The van der Waals surface area contributed by atoms with E-state index < -0.39 is 6.10 Å². The van der Waals surface area contributed by atoms with Crippen LogP contribution in [0.4, 0.5) is 0 Å². The maximum atomic E-state index is 8.76. The van der Waals surface area contributed by atoms with E-state index >= 15 is 0 Å². The summed E-state index contributed by atoms with van der Waals surface area (Å²) in [6.45, 7) is 5.63. The molecular weight excluding hydrogens is 230 g/mol. The summed E-state index contributed by atoms with van der Waals surface area (Å²) in [5.41, 5.74) is 1.74. The second-order valence-corrected chi connectivity index (χ2v) is 3.96. The molecule has 0 aliphatic heterocycles. The molecule has 0 aliphatic rings. The lowest BCUT2D eigenvalue weighted by Gasteiger charge is -2.13. The zero-order chi connectivity index (χ0) is 13.4. The molecule has 0 bridgehead atoms. The van der Waals surface area contributed by atoms with Crippen molar-refractivity contribution in [2.24, 2.45) is 0 Å². The van der Waals surface area contributed by atoms with Crippen LogP contribution in [-0.4, -0.2) is 31.3 Å². The predicted molar refractivity (Wildman–Crippen MR) is 68.3 cm³/mol. The summed E-state index contributed by atoms with van der Waals surface area (Å²) in [6, 6.07) is 5.77. The lowest BCUT2D eigenvalue weighted by Crippen LogP contribution is -2.20. The van der Waals surface area contributed by atoms with E-state index in [0.717, 1.165) is 17.9 Å². The van der Waals surface area contributed by atoms with E-state index in [2.05, 4.69) is 10.3 Å². The Bertz CT molecular complexity index is 415. The molecular formula is C13H19N3O2. The normalized spacial score (nSPS) is 11.9. The van der Waals surface area contributed by atoms with Crippen LogP contribution in [-0.2, 0) is 11.3 Å². The van der Waals surface area contributed by atoms with Gasteiger partial charge in [0.2, 0.25) is 0 Å². The number of nitrogens with one attached hydrogen (secondary N) is 1. The maximum absolute atomic E-state index is 8.76. The molecule has 1 atom stereocenters. The molecule has 98 valence electrons. The minimum Gasteiger partial charge on any atom is -0.474 e. The van der Waals surface area contributed by atoms with E-state index in [1.165, 1.54) is 0 Å². The average molecular weight is 249 g/mol. The first-order valence-corrected chi connectivity index (χ1v) is 5.89. The summed E-state index contributed by atoms with van der Waals surface area (Å²) in [5, 5.41) is 12.0. The lowest BCUT2D eigenvalue weighted by molar-refractivity contribution is 0.198. The Hall–Kier alpha value is -1.64. The minimum absolute atomic E-state index is 0.479. The van der Waals surface area contributed by atoms with Crippen LogP contribution in [0.25, 0.3) is 0 Å². The molecule has 1 heterocycles. The zero-order valence-electron chi connectivity index (χ0n) is 11.1. The first-order chi connectivity index (χ1) is 8.67. The summed E-state index contributed by atoms with van der Waals surface area (Å²) in [7, 11) is 1.66. The van der Waals surface area contributed by atoms with Crippen LogP contribution in [0.1, 0.15) is 18.3 Å². The Balaban J connectivity index is 2.68. The summed E-state index contributed by atoms with van der Waals surface area (Å²) in [4.78, 5) is 4.42. The molecule has 1 unspecified atom stereocenters. The van der Waals surface area contributed by atoms with Gasteiger partial charge in [-0.25, -0.2) is 0 Å². The van der Waals surface area contributed by atoms with Crippen molar-refractivity contribution in [2.45, 2.75) is 26.5 Å². The monoisotopic (exact) mass is 249 g/mol. The molecule has 1 aromatic heterocycles. The third kappa shape index (κ3) is 4.70. The van der Waals surface area contributed by atoms with Gasteiger partial charge >= 0.3 is 0 Å². The second kappa shape index (κ2) is 7.64. The van der Waals surface area contributed by atoms with Crippen LogP contribution < -0.4 is 10.1 Å². The molecule has 1 N–H and O–H groups in total. The molecule has 1 aromatic rings. The lowest BCUT2D eigenvalue weighted by atomic mass is 10.2. The molecule has 0 aliphatic carbocycles. The fourth-order valence-electron chi connectivity index (χ4n) is 1.43. The molecule has 1 rings (SSSR count). The highest BCUT2D eigenvalue weighted by Crippen LogP contribution is 2.18. The fourth-order valence-corrected chi connectivity index (χ4v) is 1.43. The van der Waals surface area contributed by atoms with E-state index in [4.69, 9.17) is 14.7 Å². The van der Waals surface area contributed by atoms with Crippen molar-refractivity contribution in [3.05, 3.63) is 23.5 Å². The van der Waals surface area contributed by atoms with Gasteiger partial charge in [0.15, 0.2) is 6.10 Å². The van der Waals surface area contributed by atoms with Crippen molar-refractivity contribution >= 4 is 0 Å². The highest BCUT2D eigenvalue weighted by Gasteiger charge is 2.09. The summed E-state index contributed by atoms with van der Waals surface area (Å²) >= 11 is 0. The molecule has 5 heteroatoms. The van der Waals surface area contributed by atoms with E-state index in [0.29, 0.717) is 18.9 Å². The molecule has 5 nitrogen and oxygen atoms in total. The number of aryl methyl sites for hydroxylation is 1. The highest BCUT2D eigenvalue weighted by molar-refractivity contribution is 5.29. The van der Waals surface area contributed by atoms with E-state index in [-0.39, 0.29) is 0 Å². The average Bonchev–Trinajstić information content (AvgIpc) is 2.37. The summed E-state index contributed by atoms with van der Waals surface area (Å²) < 4.78 is 10.5. The van der Waals surface area contributed by atoms with Crippen molar-refractivity contribution in [2.75, 3.05) is 20.3 Å². The van der Waals surface area contributed by atoms with E-state index in [1.54, 1.807) is 14.0 Å². The van der Waals surface area contributed by atoms with E-state index in [9.17, 15) is 0 Å². The van der Waals surface area contributed by atoms with Crippen molar-refractivity contribution < 1.29 is 9.47 Å². The Kier molecular flexibility index (Phi) is 6.12. The van der Waals surface area contributed by atoms with Crippen LogP contribution in [0.3, 0.4) is 0 Å². The van der Waals surface area contributed by atoms with Gasteiger partial charge in [-0.15, -0.1) is 0 Å². The molecule has 0 radical (unpaired) electrons. The number of methoxy groups -OCH3 is 1. The van der Waals surface area contributed by atoms with Gasteiger partial charge in [0.1, 0.15) is 11.8 Å². The highest BCUT2D eigenvalue weighted by atomic mass is 16.5. The Morgan fingerprint density at radius 2 is 2.28 bits per heavy atom. The predicted octanol–water partition coefficient (Wildman–Crippen LogP) is 1.42. The van der Waals surface area contributed by atoms with Gasteiger partial charge < -0.3 is 14.8 Å². The van der Waals surface area contributed by atoms with Gasteiger partial charge in [-0.3, -0.25) is 4.98 Å². The van der Waals surface area contributed by atoms with Crippen LogP contribution in [0.15, 0.2) is 12.1 Å². The topological polar surface area (TPSA) is 67.2 Å². The van der Waals surface area contributed by atoms with Gasteiger partial charge in [0, 0.05) is 25.9 Å². The third-order valence-electron chi connectivity index (χ3n) is 2.33. The Morgan fingerprint density at radius 1 is 1.50 bits per heavy atom. The van der Waals surface area contributed by atoms with Crippen LogP contribution in [0.2, 0.25) is 0 Å². The van der Waals surface area contributed by atoms with Crippen molar-refractivity contribution in [3.63, 3.8) is 0 Å². The largest absolute Gasteiger partial charge is 0.474 e. The molecule has 0 aromatic carbocycles. The maximum Gasteiger partial charge on any atom is 0.181 e. The Morgan fingerprint density at radius 3 is 2.94 bits per heavy atom. The van der Waals surface area contributed by atoms with Crippen LogP contribution >= 0.6 is 0 Å². The van der Waals surface area contributed by atoms with Crippen molar-refractivity contribution in [3.8, 4) is 11.8 Å². The van der Waals surface area contributed by atoms with Gasteiger partial charge in [-0.1, -0.05) is 0 Å².